The molecule has 0 rings (SSSR count). The second-order valence-corrected chi connectivity index (χ2v) is 1.14. The number of nitrogens with zero attached hydrogens (tertiary/aromatic N) is 1. The van der Waals surface area contributed by atoms with E-state index in [0.717, 1.165) is 0 Å². The van der Waals surface area contributed by atoms with Crippen LogP contribution in [0.3, 0.4) is 0 Å². The number of nitrogens with one attached hydrogen (secondary N) is 1. The lowest BCUT2D eigenvalue weighted by atomic mass is 10.6. The molecule has 0 spiro atoms. The van der Waals surface area contributed by atoms with Gasteiger partial charge in [0.15, 0.2) is 6.19 Å². The van der Waals surface area contributed by atoms with Crippen LogP contribution in [0.15, 0.2) is 11.9 Å². The Morgan fingerprint density at radius 1 is 2.00 bits per heavy atom. The van der Waals surface area contributed by atoms with Gasteiger partial charge in [0.05, 0.1) is 0 Å². The molecule has 0 unspecified atom stereocenters. The van der Waals surface area contributed by atoms with Gasteiger partial charge in [0, 0.05) is 11.9 Å². The largest absolute Gasteiger partial charge is 0.401 e. The fraction of sp³-hybridized carbons (Fsp3) is 0.250. The lowest BCUT2D eigenvalue weighted by Crippen LogP contribution is -1.99. The van der Waals surface area contributed by atoms with E-state index in [1.165, 1.54) is 6.20 Å². The van der Waals surface area contributed by atoms with Crippen molar-refractivity contribution in [2.45, 2.75) is 6.92 Å². The molecule has 0 aliphatic carbocycles. The molecule has 0 radical (unpaired) electrons. The van der Waals surface area contributed by atoms with Gasteiger partial charge < -0.3 is 5.73 Å². The Hall–Kier alpha value is -1.17. The second-order valence-electron chi connectivity index (χ2n) is 1.14. The zero-order valence-corrected chi connectivity index (χ0v) is 4.10. The predicted molar refractivity (Wildman–Crippen MR) is 26.7 cm³/mol. The third kappa shape index (κ3) is 4.83. The standard InChI is InChI=1S/C4H7N3/c1-4(6)2-7-3-5/h2,7H,6H2,1H3/b4-2+. The van der Waals surface area contributed by atoms with Gasteiger partial charge in [-0.2, -0.15) is 5.26 Å². The van der Waals surface area contributed by atoms with Gasteiger partial charge in [-0.05, 0) is 6.92 Å². The van der Waals surface area contributed by atoms with Crippen LogP contribution in [0, 0.1) is 11.5 Å². The summed E-state index contributed by atoms with van der Waals surface area (Å²) >= 11 is 0. The smallest absolute Gasteiger partial charge is 0.180 e. The average molecular weight is 97.1 g/mol. The minimum atomic E-state index is 0.599. The third-order valence-electron chi connectivity index (χ3n) is 0.364. The van der Waals surface area contributed by atoms with Gasteiger partial charge in [0.1, 0.15) is 0 Å². The van der Waals surface area contributed by atoms with Gasteiger partial charge >= 0.3 is 0 Å². The highest BCUT2D eigenvalue weighted by molar-refractivity contribution is 4.92. The van der Waals surface area contributed by atoms with E-state index in [-0.39, 0.29) is 0 Å². The van der Waals surface area contributed by atoms with Crippen LogP contribution >= 0.6 is 0 Å². The van der Waals surface area contributed by atoms with E-state index >= 15 is 0 Å². The molecule has 3 nitrogen and oxygen atoms in total. The molecular weight excluding hydrogens is 90.1 g/mol. The molecule has 7 heavy (non-hydrogen) atoms. The molecule has 0 amide bonds. The fourth-order valence-corrected chi connectivity index (χ4v) is 0.146. The molecule has 0 saturated heterocycles. The maximum Gasteiger partial charge on any atom is 0.180 e. The number of hydrogen-bond acceptors (Lipinski definition) is 3. The number of rotatable bonds is 1. The summed E-state index contributed by atoms with van der Waals surface area (Å²) in [6, 6.07) is 0. The normalized spacial score (nSPS) is 10.0. The van der Waals surface area contributed by atoms with Crippen molar-refractivity contribution < 1.29 is 0 Å². The van der Waals surface area contributed by atoms with Crippen LogP contribution in [0.2, 0.25) is 0 Å². The molecule has 0 aromatic carbocycles. The maximum absolute atomic E-state index is 7.85. The first kappa shape index (κ1) is 5.83. The molecule has 0 heterocycles. The number of nitrogens with two attached hydrogens (primary N) is 1. The summed E-state index contributed by atoms with van der Waals surface area (Å²) in [5.74, 6) is 0. The van der Waals surface area contributed by atoms with Crippen LogP contribution in [-0.2, 0) is 0 Å². The minimum absolute atomic E-state index is 0.599. The second kappa shape index (κ2) is 3.04. The zero-order valence-electron chi connectivity index (χ0n) is 4.10. The summed E-state index contributed by atoms with van der Waals surface area (Å²) in [5, 5.41) is 10.1. The van der Waals surface area contributed by atoms with Crippen molar-refractivity contribution in [3.8, 4) is 6.19 Å². The maximum atomic E-state index is 7.85. The lowest BCUT2D eigenvalue weighted by Gasteiger charge is -1.83. The van der Waals surface area contributed by atoms with Gasteiger partial charge in [-0.1, -0.05) is 0 Å². The minimum Gasteiger partial charge on any atom is -0.401 e. The SMILES string of the molecule is C/C(N)=C\NC#N. The molecule has 38 valence electrons. The summed E-state index contributed by atoms with van der Waals surface area (Å²) in [4.78, 5) is 0. The molecule has 0 aliphatic rings. The van der Waals surface area contributed by atoms with Crippen LogP contribution in [0.4, 0.5) is 0 Å². The van der Waals surface area contributed by atoms with Crippen LogP contribution in [0.1, 0.15) is 6.92 Å². The van der Waals surface area contributed by atoms with E-state index in [4.69, 9.17) is 11.0 Å². The quantitative estimate of drug-likeness (QED) is 0.354. The summed E-state index contributed by atoms with van der Waals surface area (Å²) in [6.45, 7) is 1.70. The van der Waals surface area contributed by atoms with Gasteiger partial charge in [0.25, 0.3) is 0 Å². The van der Waals surface area contributed by atoms with Gasteiger partial charge in [-0.3, -0.25) is 5.32 Å². The van der Waals surface area contributed by atoms with E-state index in [0.29, 0.717) is 5.70 Å². The number of nitriles is 1. The summed E-state index contributed by atoms with van der Waals surface area (Å²) < 4.78 is 0. The molecule has 3 N–H and O–H groups in total. The van der Waals surface area contributed by atoms with E-state index in [1.54, 1.807) is 13.1 Å². The Labute approximate surface area is 42.4 Å². The predicted octanol–water partition coefficient (Wildman–Crippen LogP) is -0.123. The topological polar surface area (TPSA) is 61.8 Å². The Balaban J connectivity index is 3.32. The first-order valence-corrected chi connectivity index (χ1v) is 1.84. The Kier molecular flexibility index (Phi) is 2.53. The van der Waals surface area contributed by atoms with E-state index in [1.807, 2.05) is 0 Å². The molecule has 0 aliphatic heterocycles. The zero-order chi connectivity index (χ0) is 5.70. The molecule has 3 heteroatoms. The third-order valence-corrected chi connectivity index (χ3v) is 0.364. The van der Waals surface area contributed by atoms with Crippen molar-refractivity contribution in [3.63, 3.8) is 0 Å². The molecule has 0 aromatic rings. The number of allylic oxidation sites excluding steroid dienone is 1. The molecule has 0 fully saturated rings. The monoisotopic (exact) mass is 97.1 g/mol. The van der Waals surface area contributed by atoms with Crippen LogP contribution < -0.4 is 11.1 Å². The lowest BCUT2D eigenvalue weighted by molar-refractivity contribution is 1.14. The Morgan fingerprint density at radius 3 is 2.71 bits per heavy atom. The molecule has 0 atom stereocenters. The average Bonchev–Trinajstić information content (AvgIpc) is 1.61. The van der Waals surface area contributed by atoms with Crippen molar-refractivity contribution in [2.75, 3.05) is 0 Å². The Morgan fingerprint density at radius 2 is 2.57 bits per heavy atom. The fourth-order valence-electron chi connectivity index (χ4n) is 0.146. The van der Waals surface area contributed by atoms with Crippen molar-refractivity contribution in [2.24, 2.45) is 5.73 Å². The summed E-state index contributed by atoms with van der Waals surface area (Å²) in [6.07, 6.45) is 3.12. The first-order chi connectivity index (χ1) is 3.27. The highest BCUT2D eigenvalue weighted by Gasteiger charge is 1.69. The Bertz CT molecular complexity index is 105. The van der Waals surface area contributed by atoms with E-state index in [2.05, 4.69) is 5.32 Å². The number of hydrogen-bond donors (Lipinski definition) is 2. The van der Waals surface area contributed by atoms with Crippen molar-refractivity contribution in [1.82, 2.24) is 5.32 Å². The first-order valence-electron chi connectivity index (χ1n) is 1.84. The highest BCUT2D eigenvalue weighted by Crippen LogP contribution is 1.69. The van der Waals surface area contributed by atoms with Crippen molar-refractivity contribution in [3.05, 3.63) is 11.9 Å². The molecule has 0 aromatic heterocycles. The van der Waals surface area contributed by atoms with Crippen LogP contribution in [0.25, 0.3) is 0 Å². The van der Waals surface area contributed by atoms with E-state index < -0.39 is 0 Å². The molecule has 0 saturated carbocycles. The molecular formula is C4H7N3. The van der Waals surface area contributed by atoms with E-state index in [9.17, 15) is 0 Å². The summed E-state index contributed by atoms with van der Waals surface area (Å²) in [7, 11) is 0. The van der Waals surface area contributed by atoms with Crippen molar-refractivity contribution >= 4 is 0 Å². The summed E-state index contributed by atoms with van der Waals surface area (Å²) in [5.41, 5.74) is 5.72. The van der Waals surface area contributed by atoms with Gasteiger partial charge in [0.2, 0.25) is 0 Å². The highest BCUT2D eigenvalue weighted by atomic mass is 14.8. The van der Waals surface area contributed by atoms with Crippen molar-refractivity contribution in [1.29, 1.82) is 5.26 Å². The van der Waals surface area contributed by atoms with Crippen LogP contribution in [0.5, 0.6) is 0 Å². The van der Waals surface area contributed by atoms with Crippen LogP contribution in [-0.4, -0.2) is 0 Å². The van der Waals surface area contributed by atoms with Gasteiger partial charge in [-0.15, -0.1) is 0 Å². The van der Waals surface area contributed by atoms with Gasteiger partial charge in [-0.25, -0.2) is 0 Å². The molecule has 0 bridgehead atoms.